The Hall–Kier alpha value is -2.52. The minimum Gasteiger partial charge on any atom is -0.356 e. The minimum atomic E-state index is -1.75. The van der Waals surface area contributed by atoms with Crippen LogP contribution < -0.4 is 16.5 Å². The fourth-order valence-corrected chi connectivity index (χ4v) is 0.794. The number of rotatable bonds is 1. The molecular formula is C7H7F3N4O3. The molecular weight excluding hydrogens is 245 g/mol. The van der Waals surface area contributed by atoms with E-state index in [1.54, 1.807) is 0 Å². The first-order valence-corrected chi connectivity index (χ1v) is 3.85. The van der Waals surface area contributed by atoms with Gasteiger partial charge in [0.05, 0.1) is 5.09 Å². The standard InChI is InChI=1S/C7H6F3N3.NO3/c8-4-1-3(13-7(11)12)2-5(9)6(4)10;2-1(3)4/h1-2H,(H4,11,12,13);/q;-1/p+1. The Morgan fingerprint density at radius 3 is 1.82 bits per heavy atom. The van der Waals surface area contributed by atoms with Gasteiger partial charge in [0.2, 0.25) is 0 Å². The van der Waals surface area contributed by atoms with Gasteiger partial charge in [-0.1, -0.05) is 0 Å². The number of nitrogens with one attached hydrogen (secondary N) is 1. The monoisotopic (exact) mass is 252 g/mol. The largest absolute Gasteiger partial charge is 0.356 e. The number of hydrogen-bond donors (Lipinski definition) is 3. The van der Waals surface area contributed by atoms with E-state index in [0.717, 1.165) is 12.1 Å². The lowest BCUT2D eigenvalue weighted by Crippen LogP contribution is -2.72. The quantitative estimate of drug-likeness (QED) is 0.191. The third-order valence-corrected chi connectivity index (χ3v) is 1.27. The molecule has 0 atom stereocenters. The fourth-order valence-electron chi connectivity index (χ4n) is 0.794. The number of nitrogens with zero attached hydrogens (tertiary/aromatic N) is 1. The van der Waals surface area contributed by atoms with Crippen LogP contribution in [0.1, 0.15) is 0 Å². The molecule has 1 rings (SSSR count). The Morgan fingerprint density at radius 1 is 1.18 bits per heavy atom. The van der Waals surface area contributed by atoms with Gasteiger partial charge in [0.25, 0.3) is 0 Å². The lowest BCUT2D eigenvalue weighted by atomic mass is 10.3. The number of nitrogens with two attached hydrogens (primary N) is 2. The van der Waals surface area contributed by atoms with Crippen molar-refractivity contribution in [2.75, 3.05) is 0 Å². The van der Waals surface area contributed by atoms with Crippen molar-refractivity contribution in [2.45, 2.75) is 0 Å². The van der Waals surface area contributed by atoms with Gasteiger partial charge in [-0.05, 0) is 0 Å². The normalized spacial score (nSPS) is 8.88. The van der Waals surface area contributed by atoms with Crippen molar-refractivity contribution in [1.82, 2.24) is 0 Å². The molecule has 0 aliphatic rings. The summed E-state index contributed by atoms with van der Waals surface area (Å²) in [5.74, 6) is -4.36. The first-order valence-electron chi connectivity index (χ1n) is 3.85. The fraction of sp³-hybridized carbons (Fsp3) is 0. The molecule has 0 saturated heterocycles. The van der Waals surface area contributed by atoms with E-state index in [1.165, 1.54) is 0 Å². The van der Waals surface area contributed by atoms with Gasteiger partial charge < -0.3 is 15.3 Å². The van der Waals surface area contributed by atoms with Crippen LogP contribution in [0.4, 0.5) is 18.9 Å². The second-order valence-electron chi connectivity index (χ2n) is 2.56. The van der Waals surface area contributed by atoms with Crippen molar-refractivity contribution < 1.29 is 23.3 Å². The lowest BCUT2D eigenvalue weighted by Gasteiger charge is -1.96. The zero-order valence-electron chi connectivity index (χ0n) is 8.12. The highest BCUT2D eigenvalue weighted by atomic mass is 19.2. The van der Waals surface area contributed by atoms with Gasteiger partial charge in [0.1, 0.15) is 5.69 Å². The molecule has 94 valence electrons. The minimum absolute atomic E-state index is 0.0450. The molecule has 0 aliphatic heterocycles. The van der Waals surface area contributed by atoms with E-state index in [4.69, 9.17) is 26.8 Å². The van der Waals surface area contributed by atoms with Gasteiger partial charge in [-0.15, -0.1) is 0 Å². The lowest BCUT2D eigenvalue weighted by molar-refractivity contribution is -0.402. The van der Waals surface area contributed by atoms with Crippen molar-refractivity contribution in [3.05, 3.63) is 44.9 Å². The highest BCUT2D eigenvalue weighted by Gasteiger charge is 2.10. The van der Waals surface area contributed by atoms with E-state index < -0.39 is 22.5 Å². The van der Waals surface area contributed by atoms with E-state index in [-0.39, 0.29) is 11.6 Å². The van der Waals surface area contributed by atoms with Crippen LogP contribution in [0.3, 0.4) is 0 Å². The number of guanidine groups is 1. The predicted octanol–water partition coefficient (Wildman–Crippen LogP) is -1.15. The maximum Gasteiger partial charge on any atom is 0.343 e. The molecule has 5 N–H and O–H groups in total. The van der Waals surface area contributed by atoms with Crippen LogP contribution in [0.5, 0.6) is 0 Å². The molecule has 0 aliphatic carbocycles. The van der Waals surface area contributed by atoms with Crippen LogP contribution in [-0.4, -0.2) is 11.0 Å². The summed E-state index contributed by atoms with van der Waals surface area (Å²) in [6.45, 7) is 0. The van der Waals surface area contributed by atoms with Crippen molar-refractivity contribution >= 4 is 11.6 Å². The maximum absolute atomic E-state index is 12.5. The van der Waals surface area contributed by atoms with Gasteiger partial charge in [-0.3, -0.25) is 11.5 Å². The molecule has 0 aromatic heterocycles. The van der Waals surface area contributed by atoms with E-state index in [1.807, 2.05) is 0 Å². The Labute approximate surface area is 92.3 Å². The number of halogens is 3. The van der Waals surface area contributed by atoms with Crippen LogP contribution in [-0.2, 0) is 0 Å². The molecule has 0 unspecified atom stereocenters. The van der Waals surface area contributed by atoms with Crippen molar-refractivity contribution in [1.29, 1.82) is 0 Å². The SMILES string of the molecule is NC(N)=[NH+]c1cc(F)c(F)c(F)c1.O=[N+]([O-])[O-]. The van der Waals surface area contributed by atoms with Crippen molar-refractivity contribution in [3.63, 3.8) is 0 Å². The highest BCUT2D eigenvalue weighted by Crippen LogP contribution is 2.13. The van der Waals surface area contributed by atoms with E-state index >= 15 is 0 Å². The molecule has 0 radical (unpaired) electrons. The van der Waals surface area contributed by atoms with Gasteiger partial charge in [0, 0.05) is 12.1 Å². The van der Waals surface area contributed by atoms with Crippen LogP contribution in [0.15, 0.2) is 12.1 Å². The Morgan fingerprint density at radius 2 is 1.53 bits per heavy atom. The van der Waals surface area contributed by atoms with Gasteiger partial charge >= 0.3 is 5.96 Å². The Bertz CT molecular complexity index is 421. The van der Waals surface area contributed by atoms with Gasteiger partial charge in [-0.2, -0.15) is 0 Å². The predicted molar refractivity (Wildman–Crippen MR) is 50.7 cm³/mol. The zero-order valence-corrected chi connectivity index (χ0v) is 8.12. The molecule has 0 spiro atoms. The summed E-state index contributed by atoms with van der Waals surface area (Å²) in [7, 11) is 0. The molecule has 0 saturated carbocycles. The molecule has 7 nitrogen and oxygen atoms in total. The maximum atomic E-state index is 12.5. The molecule has 0 amide bonds. The van der Waals surface area contributed by atoms with Crippen LogP contribution in [0.25, 0.3) is 0 Å². The molecule has 0 bridgehead atoms. The Balaban J connectivity index is 0.000000557. The van der Waals surface area contributed by atoms with Crippen LogP contribution in [0.2, 0.25) is 0 Å². The van der Waals surface area contributed by atoms with E-state index in [2.05, 4.69) is 4.99 Å². The smallest absolute Gasteiger partial charge is 0.343 e. The summed E-state index contributed by atoms with van der Waals surface area (Å²) in [4.78, 5) is 10.5. The number of benzene rings is 1. The summed E-state index contributed by atoms with van der Waals surface area (Å²) in [5.41, 5.74) is 9.97. The number of hydrogen-bond acceptors (Lipinski definition) is 3. The summed E-state index contributed by atoms with van der Waals surface area (Å²) in [6, 6.07) is 1.50. The van der Waals surface area contributed by atoms with Crippen LogP contribution in [0, 0.1) is 32.8 Å². The molecule has 1 aromatic carbocycles. The molecule has 10 heteroatoms. The first-order chi connectivity index (χ1) is 7.73. The van der Waals surface area contributed by atoms with Gasteiger partial charge in [0.15, 0.2) is 17.5 Å². The molecule has 0 heterocycles. The van der Waals surface area contributed by atoms with E-state index in [9.17, 15) is 13.2 Å². The average molecular weight is 252 g/mol. The summed E-state index contributed by atoms with van der Waals surface area (Å²) >= 11 is 0. The summed E-state index contributed by atoms with van der Waals surface area (Å²) in [5, 5.41) is 14.8. The molecule has 17 heavy (non-hydrogen) atoms. The Kier molecular flexibility index (Phi) is 5.24. The second kappa shape index (κ2) is 6.15. The molecule has 1 aromatic rings. The second-order valence-corrected chi connectivity index (χ2v) is 2.56. The van der Waals surface area contributed by atoms with E-state index in [0.29, 0.717) is 0 Å². The first kappa shape index (κ1) is 14.5. The third-order valence-electron chi connectivity index (χ3n) is 1.27. The van der Waals surface area contributed by atoms with Gasteiger partial charge in [-0.25, -0.2) is 18.2 Å². The topological polar surface area (TPSA) is 132 Å². The summed E-state index contributed by atoms with van der Waals surface area (Å²) < 4.78 is 37.5. The zero-order chi connectivity index (χ0) is 13.6. The van der Waals surface area contributed by atoms with Crippen molar-refractivity contribution in [2.24, 2.45) is 11.5 Å². The highest BCUT2D eigenvalue weighted by molar-refractivity contribution is 5.70. The average Bonchev–Trinajstić information content (AvgIpc) is 2.12. The van der Waals surface area contributed by atoms with Crippen molar-refractivity contribution in [3.8, 4) is 0 Å². The molecule has 0 fully saturated rings. The summed E-state index contributed by atoms with van der Waals surface area (Å²) in [6.07, 6.45) is 0. The van der Waals surface area contributed by atoms with Crippen LogP contribution >= 0.6 is 0 Å². The third kappa shape index (κ3) is 5.81.